The maximum absolute atomic E-state index is 13.1. The van der Waals surface area contributed by atoms with E-state index in [9.17, 15) is 4.39 Å². The summed E-state index contributed by atoms with van der Waals surface area (Å²) in [5, 5.41) is 0.314. The first-order valence-electron chi connectivity index (χ1n) is 3.41. The van der Waals surface area contributed by atoms with Crippen molar-refractivity contribution in [2.75, 3.05) is 13.9 Å². The maximum atomic E-state index is 13.1. The van der Waals surface area contributed by atoms with Crippen molar-refractivity contribution in [3.05, 3.63) is 27.4 Å². The van der Waals surface area contributed by atoms with Gasteiger partial charge in [-0.3, -0.25) is 0 Å². The highest BCUT2D eigenvalue weighted by molar-refractivity contribution is 9.10. The van der Waals surface area contributed by atoms with Gasteiger partial charge in [-0.2, -0.15) is 0 Å². The molecule has 1 aromatic carbocycles. The van der Waals surface area contributed by atoms with Crippen LogP contribution in [-0.2, 0) is 4.74 Å². The van der Waals surface area contributed by atoms with Gasteiger partial charge in [0.15, 0.2) is 18.4 Å². The van der Waals surface area contributed by atoms with E-state index in [1.54, 1.807) is 6.07 Å². The molecule has 0 spiro atoms. The molecule has 13 heavy (non-hydrogen) atoms. The van der Waals surface area contributed by atoms with E-state index in [0.29, 0.717) is 9.50 Å². The molecule has 2 nitrogen and oxygen atoms in total. The Morgan fingerprint density at radius 3 is 2.77 bits per heavy atom. The normalized spacial score (nSPS) is 10.2. The van der Waals surface area contributed by atoms with Gasteiger partial charge >= 0.3 is 0 Å². The number of benzene rings is 1. The molecule has 0 radical (unpaired) electrons. The lowest BCUT2D eigenvalue weighted by Crippen LogP contribution is -2.01. The van der Waals surface area contributed by atoms with Crippen molar-refractivity contribution in [3.63, 3.8) is 0 Å². The monoisotopic (exact) mass is 268 g/mol. The fourth-order valence-electron chi connectivity index (χ4n) is 0.785. The molecule has 5 heteroatoms. The second-order valence-electron chi connectivity index (χ2n) is 2.25. The quantitative estimate of drug-likeness (QED) is 0.784. The van der Waals surface area contributed by atoms with E-state index >= 15 is 0 Å². The largest absolute Gasteiger partial charge is 0.463 e. The van der Waals surface area contributed by atoms with Gasteiger partial charge in [0.1, 0.15) is 0 Å². The van der Waals surface area contributed by atoms with E-state index in [1.807, 2.05) is 0 Å². The van der Waals surface area contributed by atoms with Gasteiger partial charge in [-0.25, -0.2) is 4.39 Å². The molecule has 1 aromatic rings. The van der Waals surface area contributed by atoms with Crippen LogP contribution in [0.15, 0.2) is 16.6 Å². The lowest BCUT2D eigenvalue weighted by atomic mass is 10.3. The zero-order valence-electron chi connectivity index (χ0n) is 6.81. The maximum Gasteiger partial charge on any atom is 0.188 e. The van der Waals surface area contributed by atoms with Crippen molar-refractivity contribution in [3.8, 4) is 5.75 Å². The van der Waals surface area contributed by atoms with Crippen LogP contribution in [0.5, 0.6) is 5.75 Å². The van der Waals surface area contributed by atoms with E-state index in [4.69, 9.17) is 16.3 Å². The van der Waals surface area contributed by atoms with Crippen molar-refractivity contribution in [2.24, 2.45) is 0 Å². The molecular formula is C8H7BrClFO2. The Balaban J connectivity index is 2.92. The Bertz CT molecular complexity index is 283. The molecule has 0 atom stereocenters. The van der Waals surface area contributed by atoms with Gasteiger partial charge in [-0.1, -0.05) is 11.6 Å². The van der Waals surface area contributed by atoms with Gasteiger partial charge in [0.2, 0.25) is 0 Å². The summed E-state index contributed by atoms with van der Waals surface area (Å²) >= 11 is 8.72. The van der Waals surface area contributed by atoms with Gasteiger partial charge in [-0.15, -0.1) is 0 Å². The van der Waals surface area contributed by atoms with Crippen LogP contribution in [0.25, 0.3) is 0 Å². The summed E-state index contributed by atoms with van der Waals surface area (Å²) in [5.41, 5.74) is 0. The highest BCUT2D eigenvalue weighted by Crippen LogP contribution is 2.31. The van der Waals surface area contributed by atoms with E-state index < -0.39 is 5.82 Å². The number of halogens is 3. The smallest absolute Gasteiger partial charge is 0.188 e. The van der Waals surface area contributed by atoms with Crippen molar-refractivity contribution < 1.29 is 13.9 Å². The SMILES string of the molecule is COCOc1c(F)cc(Cl)cc1Br. The number of rotatable bonds is 3. The molecule has 0 N–H and O–H groups in total. The number of hydrogen-bond donors (Lipinski definition) is 0. The van der Waals surface area contributed by atoms with E-state index in [-0.39, 0.29) is 12.5 Å². The van der Waals surface area contributed by atoms with Crippen molar-refractivity contribution in [1.82, 2.24) is 0 Å². The van der Waals surface area contributed by atoms with E-state index in [1.165, 1.54) is 13.2 Å². The molecule has 0 aliphatic heterocycles. The molecule has 0 saturated carbocycles. The molecule has 0 aliphatic carbocycles. The Morgan fingerprint density at radius 1 is 1.54 bits per heavy atom. The summed E-state index contributed by atoms with van der Waals surface area (Å²) in [6.45, 7) is -0.00283. The summed E-state index contributed by atoms with van der Waals surface area (Å²) in [5.74, 6) is -0.414. The average Bonchev–Trinajstić information content (AvgIpc) is 2.02. The third kappa shape index (κ3) is 2.83. The lowest BCUT2D eigenvalue weighted by molar-refractivity contribution is 0.0477. The van der Waals surface area contributed by atoms with Crippen LogP contribution in [0.1, 0.15) is 0 Å². The summed E-state index contributed by atoms with van der Waals surface area (Å²) < 4.78 is 23.2. The van der Waals surface area contributed by atoms with Gasteiger partial charge < -0.3 is 9.47 Å². The summed E-state index contributed by atoms with van der Waals surface area (Å²) in [7, 11) is 1.46. The summed E-state index contributed by atoms with van der Waals surface area (Å²) in [4.78, 5) is 0. The predicted molar refractivity (Wildman–Crippen MR) is 51.6 cm³/mol. The first-order valence-corrected chi connectivity index (χ1v) is 4.58. The minimum atomic E-state index is -0.517. The van der Waals surface area contributed by atoms with Crippen molar-refractivity contribution in [1.29, 1.82) is 0 Å². The molecule has 0 saturated heterocycles. The highest BCUT2D eigenvalue weighted by atomic mass is 79.9. The Morgan fingerprint density at radius 2 is 2.23 bits per heavy atom. The van der Waals surface area contributed by atoms with E-state index in [2.05, 4.69) is 20.7 Å². The number of methoxy groups -OCH3 is 1. The molecule has 0 bridgehead atoms. The highest BCUT2D eigenvalue weighted by Gasteiger charge is 2.09. The number of hydrogen-bond acceptors (Lipinski definition) is 2. The summed E-state index contributed by atoms with van der Waals surface area (Å²) in [6, 6.07) is 2.73. The third-order valence-corrected chi connectivity index (χ3v) is 2.09. The standard InChI is InChI=1S/C8H7BrClFO2/c1-12-4-13-8-6(9)2-5(10)3-7(8)11/h2-3H,4H2,1H3. The zero-order chi connectivity index (χ0) is 9.84. The first kappa shape index (κ1) is 10.8. The van der Waals surface area contributed by atoms with E-state index in [0.717, 1.165) is 0 Å². The van der Waals surface area contributed by atoms with Gasteiger partial charge in [-0.05, 0) is 28.1 Å². The van der Waals surface area contributed by atoms with Crippen LogP contribution >= 0.6 is 27.5 Å². The molecule has 0 heterocycles. The fraction of sp³-hybridized carbons (Fsp3) is 0.250. The van der Waals surface area contributed by atoms with Crippen LogP contribution < -0.4 is 4.74 Å². The lowest BCUT2D eigenvalue weighted by Gasteiger charge is -2.07. The zero-order valence-corrected chi connectivity index (χ0v) is 9.15. The van der Waals surface area contributed by atoms with Gasteiger partial charge in [0.05, 0.1) is 4.47 Å². The van der Waals surface area contributed by atoms with Gasteiger partial charge in [0.25, 0.3) is 0 Å². The molecular weight excluding hydrogens is 262 g/mol. The predicted octanol–water partition coefficient (Wildman–Crippen LogP) is 3.22. The van der Waals surface area contributed by atoms with Crippen molar-refractivity contribution in [2.45, 2.75) is 0 Å². The van der Waals surface area contributed by atoms with Crippen LogP contribution in [0.2, 0.25) is 5.02 Å². The Kier molecular flexibility index (Phi) is 3.96. The van der Waals surface area contributed by atoms with Crippen LogP contribution in [0.4, 0.5) is 4.39 Å². The number of ether oxygens (including phenoxy) is 2. The van der Waals surface area contributed by atoms with Crippen LogP contribution in [0.3, 0.4) is 0 Å². The topological polar surface area (TPSA) is 18.5 Å². The third-order valence-electron chi connectivity index (χ3n) is 1.28. The molecule has 0 aliphatic rings. The molecule has 1 rings (SSSR count). The second-order valence-corrected chi connectivity index (χ2v) is 3.54. The minimum Gasteiger partial charge on any atom is -0.463 e. The Labute approximate surface area is 88.7 Å². The fourth-order valence-corrected chi connectivity index (χ4v) is 1.67. The van der Waals surface area contributed by atoms with Crippen LogP contribution in [-0.4, -0.2) is 13.9 Å². The van der Waals surface area contributed by atoms with Gasteiger partial charge in [0, 0.05) is 12.1 Å². The second kappa shape index (κ2) is 4.79. The molecule has 0 fully saturated rings. The molecule has 0 unspecified atom stereocenters. The molecule has 72 valence electrons. The first-order chi connectivity index (χ1) is 6.15. The average molecular weight is 269 g/mol. The molecule has 0 aromatic heterocycles. The van der Waals surface area contributed by atoms with Crippen molar-refractivity contribution >= 4 is 27.5 Å². The Hall–Kier alpha value is -0.320. The van der Waals surface area contributed by atoms with Crippen LogP contribution in [0, 0.1) is 5.82 Å². The molecule has 0 amide bonds. The minimum absolute atomic E-state index is 0.00283. The summed E-state index contributed by atoms with van der Waals surface area (Å²) in [6.07, 6.45) is 0.